The predicted octanol–water partition coefficient (Wildman–Crippen LogP) is 3.58. The maximum Gasteiger partial charge on any atom is 0.254 e. The van der Waals surface area contributed by atoms with Crippen LogP contribution in [0.3, 0.4) is 0 Å². The quantitative estimate of drug-likeness (QED) is 0.885. The lowest BCUT2D eigenvalue weighted by molar-refractivity contribution is 0.0931. The molecular weight excluding hydrogens is 253 g/mol. The van der Waals surface area contributed by atoms with Gasteiger partial charge in [0.05, 0.1) is 5.56 Å². The zero-order valence-electron chi connectivity index (χ0n) is 11.5. The number of rotatable bonds is 5. The van der Waals surface area contributed by atoms with Crippen molar-refractivity contribution in [3.63, 3.8) is 0 Å². The van der Waals surface area contributed by atoms with E-state index in [1.807, 2.05) is 37.3 Å². The predicted molar refractivity (Wildman–Crippen MR) is 78.1 cm³/mol. The SMILES string of the molecule is CCC(Cc1ccccc1)NC(=O)c1ccccc1F. The van der Waals surface area contributed by atoms with E-state index >= 15 is 0 Å². The van der Waals surface area contributed by atoms with Crippen molar-refractivity contribution in [2.75, 3.05) is 0 Å². The van der Waals surface area contributed by atoms with Gasteiger partial charge in [-0.2, -0.15) is 0 Å². The van der Waals surface area contributed by atoms with Gasteiger partial charge in [-0.3, -0.25) is 4.79 Å². The van der Waals surface area contributed by atoms with Gasteiger partial charge in [0.1, 0.15) is 5.82 Å². The Morgan fingerprint density at radius 2 is 1.75 bits per heavy atom. The lowest BCUT2D eigenvalue weighted by atomic mass is 10.0. The molecule has 2 nitrogen and oxygen atoms in total. The molecule has 0 aliphatic heterocycles. The van der Waals surface area contributed by atoms with Crippen molar-refractivity contribution in [1.82, 2.24) is 5.32 Å². The summed E-state index contributed by atoms with van der Waals surface area (Å²) in [6, 6.07) is 16.0. The molecule has 1 N–H and O–H groups in total. The first-order valence-corrected chi connectivity index (χ1v) is 6.80. The molecule has 0 spiro atoms. The van der Waals surface area contributed by atoms with E-state index in [1.165, 1.54) is 12.1 Å². The Bertz CT molecular complexity index is 568. The summed E-state index contributed by atoms with van der Waals surface area (Å²) in [7, 11) is 0. The van der Waals surface area contributed by atoms with Crippen LogP contribution in [0.25, 0.3) is 0 Å². The van der Waals surface area contributed by atoms with Crippen LogP contribution in [-0.4, -0.2) is 11.9 Å². The third kappa shape index (κ3) is 3.67. The second-order valence-electron chi connectivity index (χ2n) is 4.75. The minimum atomic E-state index is -0.487. The highest BCUT2D eigenvalue weighted by Crippen LogP contribution is 2.09. The van der Waals surface area contributed by atoms with Crippen LogP contribution in [0, 0.1) is 5.82 Å². The van der Waals surface area contributed by atoms with Crippen molar-refractivity contribution < 1.29 is 9.18 Å². The fourth-order valence-corrected chi connectivity index (χ4v) is 2.10. The Morgan fingerprint density at radius 3 is 2.40 bits per heavy atom. The maximum atomic E-state index is 13.6. The number of halogens is 1. The van der Waals surface area contributed by atoms with Gasteiger partial charge < -0.3 is 5.32 Å². The molecule has 0 fully saturated rings. The summed E-state index contributed by atoms with van der Waals surface area (Å²) < 4.78 is 13.6. The molecule has 0 bridgehead atoms. The first kappa shape index (κ1) is 14.3. The molecule has 1 atom stereocenters. The molecule has 104 valence electrons. The molecule has 0 saturated heterocycles. The lowest BCUT2D eigenvalue weighted by Gasteiger charge is -2.17. The highest BCUT2D eigenvalue weighted by Gasteiger charge is 2.15. The van der Waals surface area contributed by atoms with Gasteiger partial charge in [0.15, 0.2) is 0 Å². The summed E-state index contributed by atoms with van der Waals surface area (Å²) in [6.07, 6.45) is 1.55. The molecule has 0 aliphatic carbocycles. The van der Waals surface area contributed by atoms with Gasteiger partial charge >= 0.3 is 0 Å². The summed E-state index contributed by atoms with van der Waals surface area (Å²) in [4.78, 5) is 12.1. The minimum Gasteiger partial charge on any atom is -0.349 e. The van der Waals surface area contributed by atoms with Gasteiger partial charge in [-0.15, -0.1) is 0 Å². The molecule has 0 aliphatic rings. The van der Waals surface area contributed by atoms with Crippen LogP contribution < -0.4 is 5.32 Å². The van der Waals surface area contributed by atoms with E-state index in [2.05, 4.69) is 5.32 Å². The molecule has 2 rings (SSSR count). The van der Waals surface area contributed by atoms with Crippen LogP contribution >= 0.6 is 0 Å². The molecule has 0 heterocycles. The number of benzene rings is 2. The standard InChI is InChI=1S/C17H18FNO/c1-2-14(12-13-8-4-3-5-9-13)19-17(20)15-10-6-7-11-16(15)18/h3-11,14H,2,12H2,1H3,(H,19,20). The fourth-order valence-electron chi connectivity index (χ4n) is 2.10. The zero-order valence-corrected chi connectivity index (χ0v) is 11.5. The molecule has 2 aromatic rings. The summed E-state index contributed by atoms with van der Waals surface area (Å²) in [5.74, 6) is -0.842. The Morgan fingerprint density at radius 1 is 1.10 bits per heavy atom. The summed E-state index contributed by atoms with van der Waals surface area (Å²) in [5, 5.41) is 2.89. The van der Waals surface area contributed by atoms with E-state index < -0.39 is 5.82 Å². The molecule has 2 aromatic carbocycles. The number of carbonyl (C=O) groups excluding carboxylic acids is 1. The van der Waals surface area contributed by atoms with Gasteiger partial charge in [-0.05, 0) is 30.5 Å². The van der Waals surface area contributed by atoms with Crippen molar-refractivity contribution in [2.24, 2.45) is 0 Å². The van der Waals surface area contributed by atoms with Crippen molar-refractivity contribution in [2.45, 2.75) is 25.8 Å². The Labute approximate surface area is 118 Å². The highest BCUT2D eigenvalue weighted by molar-refractivity contribution is 5.94. The topological polar surface area (TPSA) is 29.1 Å². The molecule has 0 radical (unpaired) electrons. The minimum absolute atomic E-state index is 0.00417. The second-order valence-corrected chi connectivity index (χ2v) is 4.75. The lowest BCUT2D eigenvalue weighted by Crippen LogP contribution is -2.36. The first-order valence-electron chi connectivity index (χ1n) is 6.80. The normalized spacial score (nSPS) is 11.9. The number of hydrogen-bond acceptors (Lipinski definition) is 1. The number of hydrogen-bond donors (Lipinski definition) is 1. The number of carbonyl (C=O) groups is 1. The van der Waals surface area contributed by atoms with Gasteiger partial charge in [0.2, 0.25) is 0 Å². The third-order valence-electron chi connectivity index (χ3n) is 3.27. The second kappa shape index (κ2) is 6.85. The van der Waals surface area contributed by atoms with E-state index in [1.54, 1.807) is 12.1 Å². The molecule has 20 heavy (non-hydrogen) atoms. The molecular formula is C17H18FNO. The Kier molecular flexibility index (Phi) is 4.88. The number of nitrogens with one attached hydrogen (secondary N) is 1. The van der Waals surface area contributed by atoms with Gasteiger partial charge in [-0.1, -0.05) is 49.4 Å². The van der Waals surface area contributed by atoms with E-state index in [4.69, 9.17) is 0 Å². The van der Waals surface area contributed by atoms with Crippen molar-refractivity contribution >= 4 is 5.91 Å². The molecule has 0 aromatic heterocycles. The van der Waals surface area contributed by atoms with E-state index in [0.717, 1.165) is 18.4 Å². The maximum absolute atomic E-state index is 13.6. The van der Waals surface area contributed by atoms with E-state index in [9.17, 15) is 9.18 Å². The average Bonchev–Trinajstić information content (AvgIpc) is 2.48. The van der Waals surface area contributed by atoms with Crippen LogP contribution in [0.5, 0.6) is 0 Å². The van der Waals surface area contributed by atoms with Gasteiger partial charge in [0, 0.05) is 6.04 Å². The molecule has 1 amide bonds. The van der Waals surface area contributed by atoms with Gasteiger partial charge in [-0.25, -0.2) is 4.39 Å². The van der Waals surface area contributed by atoms with E-state index in [0.29, 0.717) is 0 Å². The van der Waals surface area contributed by atoms with E-state index in [-0.39, 0.29) is 17.5 Å². The van der Waals surface area contributed by atoms with Crippen LogP contribution in [0.2, 0.25) is 0 Å². The van der Waals surface area contributed by atoms with Gasteiger partial charge in [0.25, 0.3) is 5.91 Å². The largest absolute Gasteiger partial charge is 0.349 e. The van der Waals surface area contributed by atoms with Crippen molar-refractivity contribution in [1.29, 1.82) is 0 Å². The van der Waals surface area contributed by atoms with Crippen molar-refractivity contribution in [3.05, 3.63) is 71.5 Å². The summed E-state index contributed by atoms with van der Waals surface area (Å²) >= 11 is 0. The van der Waals surface area contributed by atoms with Crippen LogP contribution in [-0.2, 0) is 6.42 Å². The smallest absolute Gasteiger partial charge is 0.254 e. The fraction of sp³-hybridized carbons (Fsp3) is 0.235. The molecule has 0 saturated carbocycles. The van der Waals surface area contributed by atoms with Crippen LogP contribution in [0.4, 0.5) is 4.39 Å². The summed E-state index contributed by atoms with van der Waals surface area (Å²) in [6.45, 7) is 2.01. The van der Waals surface area contributed by atoms with Crippen LogP contribution in [0.1, 0.15) is 29.3 Å². The average molecular weight is 271 g/mol. The van der Waals surface area contributed by atoms with Crippen LogP contribution in [0.15, 0.2) is 54.6 Å². The molecule has 1 unspecified atom stereocenters. The zero-order chi connectivity index (χ0) is 14.4. The van der Waals surface area contributed by atoms with Crippen molar-refractivity contribution in [3.8, 4) is 0 Å². The summed E-state index contributed by atoms with van der Waals surface area (Å²) in [5.41, 5.74) is 1.26. The highest BCUT2D eigenvalue weighted by atomic mass is 19.1. The molecule has 3 heteroatoms. The third-order valence-corrected chi connectivity index (χ3v) is 3.27. The number of amides is 1. The first-order chi connectivity index (χ1) is 9.70. The Balaban J connectivity index is 2.03. The monoisotopic (exact) mass is 271 g/mol. The Hall–Kier alpha value is -2.16.